The van der Waals surface area contributed by atoms with E-state index in [1.165, 1.54) is 25.1 Å². The number of hydrogen-bond donors (Lipinski definition) is 4. The zero-order valence-electron chi connectivity index (χ0n) is 19.9. The average molecular weight is 535 g/mol. The molecule has 1 amide bonds. The number of carbonyl (C=O) groups is 2. The molecule has 2 atom stereocenters. The lowest BCUT2D eigenvalue weighted by Crippen LogP contribution is -2.41. The molecule has 194 valence electrons. The van der Waals surface area contributed by atoms with Crippen LogP contribution in [0.4, 0.5) is 28.4 Å². The number of azo groups is 2. The summed E-state index contributed by atoms with van der Waals surface area (Å²) < 4.78 is 34.3. The zero-order valence-corrected chi connectivity index (χ0v) is 20.7. The Kier molecular flexibility index (Phi) is 7.26. The Morgan fingerprint density at radius 1 is 1.05 bits per heavy atom. The molecule has 0 heterocycles. The summed E-state index contributed by atoms with van der Waals surface area (Å²) in [6.07, 6.45) is 3.30. The minimum Gasteiger partial charge on any atom is -0.399 e. The van der Waals surface area contributed by atoms with E-state index in [1.54, 1.807) is 42.5 Å². The first-order valence-corrected chi connectivity index (χ1v) is 12.5. The van der Waals surface area contributed by atoms with Crippen molar-refractivity contribution in [2.24, 2.45) is 20.5 Å². The Morgan fingerprint density at radius 3 is 2.45 bits per heavy atom. The van der Waals surface area contributed by atoms with Crippen LogP contribution in [-0.4, -0.2) is 36.3 Å². The first-order chi connectivity index (χ1) is 18.0. The van der Waals surface area contributed by atoms with Crippen LogP contribution in [0.15, 0.2) is 92.1 Å². The Balaban J connectivity index is 1.80. The van der Waals surface area contributed by atoms with Crippen LogP contribution >= 0.6 is 0 Å². The van der Waals surface area contributed by atoms with Crippen molar-refractivity contribution in [1.82, 2.24) is 0 Å². The van der Waals surface area contributed by atoms with Gasteiger partial charge in [0.05, 0.1) is 11.4 Å². The van der Waals surface area contributed by atoms with Crippen molar-refractivity contribution in [2.45, 2.75) is 23.5 Å². The van der Waals surface area contributed by atoms with Crippen molar-refractivity contribution in [2.75, 3.05) is 11.1 Å². The quantitative estimate of drug-likeness (QED) is 0.148. The van der Waals surface area contributed by atoms with E-state index < -0.39 is 32.6 Å². The van der Waals surface area contributed by atoms with Gasteiger partial charge in [0, 0.05) is 18.2 Å². The normalized spacial score (nSPS) is 19.0. The smallest absolute Gasteiger partial charge is 0.296 e. The molecular formula is C25H22N6O6S. The number of rotatable bonds is 7. The summed E-state index contributed by atoms with van der Waals surface area (Å²) >= 11 is 0. The van der Waals surface area contributed by atoms with Gasteiger partial charge in [-0.15, -0.1) is 5.11 Å². The molecule has 0 aliphatic heterocycles. The summed E-state index contributed by atoms with van der Waals surface area (Å²) in [6.45, 7) is 1.23. The number of anilines is 2. The molecule has 0 saturated carbocycles. The first-order valence-electron chi connectivity index (χ1n) is 11.1. The molecule has 0 saturated heterocycles. The van der Waals surface area contributed by atoms with Crippen LogP contribution in [0.3, 0.4) is 0 Å². The zero-order chi connectivity index (χ0) is 27.5. The molecule has 0 bridgehead atoms. The second-order valence-corrected chi connectivity index (χ2v) is 9.73. The van der Waals surface area contributed by atoms with Gasteiger partial charge in [0.2, 0.25) is 5.91 Å². The Morgan fingerprint density at radius 2 is 1.79 bits per heavy atom. The van der Waals surface area contributed by atoms with E-state index >= 15 is 0 Å². The number of amides is 1. The van der Waals surface area contributed by atoms with Crippen molar-refractivity contribution >= 4 is 56.8 Å². The molecule has 4 rings (SSSR count). The highest BCUT2D eigenvalue weighted by molar-refractivity contribution is 7.86. The van der Waals surface area contributed by atoms with E-state index in [4.69, 9.17) is 5.73 Å². The molecule has 2 unspecified atom stereocenters. The highest BCUT2D eigenvalue weighted by Crippen LogP contribution is 2.39. The molecule has 1 aliphatic rings. The maximum Gasteiger partial charge on any atom is 0.296 e. The number of hydrogen-bond acceptors (Lipinski definition) is 10. The van der Waals surface area contributed by atoms with Gasteiger partial charge in [-0.05, 0) is 42.0 Å². The van der Waals surface area contributed by atoms with E-state index in [-0.39, 0.29) is 22.6 Å². The van der Waals surface area contributed by atoms with Gasteiger partial charge in [-0.1, -0.05) is 36.4 Å². The van der Waals surface area contributed by atoms with E-state index in [1.807, 2.05) is 0 Å². The molecule has 3 aromatic rings. The monoisotopic (exact) mass is 534 g/mol. The van der Waals surface area contributed by atoms with E-state index in [0.717, 1.165) is 12.1 Å². The van der Waals surface area contributed by atoms with E-state index in [0.29, 0.717) is 23.2 Å². The van der Waals surface area contributed by atoms with Crippen molar-refractivity contribution in [1.29, 1.82) is 0 Å². The van der Waals surface area contributed by atoms with Gasteiger partial charge in [0.1, 0.15) is 22.3 Å². The fraction of sp³-hybridized carbons (Fsp3) is 0.120. The lowest BCUT2D eigenvalue weighted by molar-refractivity contribution is -0.126. The third kappa shape index (κ3) is 5.54. The number of carbonyl (C=O) groups excluding carboxylic acids is 2. The summed E-state index contributed by atoms with van der Waals surface area (Å²) in [5.74, 6) is -0.495. The number of nitrogen functional groups attached to an aromatic ring is 1. The summed E-state index contributed by atoms with van der Waals surface area (Å²) in [4.78, 5) is 23.1. The van der Waals surface area contributed by atoms with Gasteiger partial charge < -0.3 is 16.2 Å². The van der Waals surface area contributed by atoms with E-state index in [2.05, 4.69) is 25.8 Å². The van der Waals surface area contributed by atoms with E-state index in [9.17, 15) is 27.7 Å². The molecule has 12 nitrogen and oxygen atoms in total. The highest BCUT2D eigenvalue weighted by atomic mass is 32.2. The van der Waals surface area contributed by atoms with Gasteiger partial charge in [-0.2, -0.15) is 23.8 Å². The van der Waals surface area contributed by atoms with Crippen molar-refractivity contribution in [3.8, 4) is 0 Å². The molecule has 38 heavy (non-hydrogen) atoms. The number of aliphatic hydroxyl groups is 1. The topological polar surface area (TPSA) is 196 Å². The molecule has 3 aromatic carbocycles. The number of nitrogens with two attached hydrogens (primary N) is 1. The van der Waals surface area contributed by atoms with Crippen LogP contribution in [0.2, 0.25) is 0 Å². The van der Waals surface area contributed by atoms with Crippen molar-refractivity contribution in [3.05, 3.63) is 77.9 Å². The molecular weight excluding hydrogens is 512 g/mol. The summed E-state index contributed by atoms with van der Waals surface area (Å²) in [5.41, 5.74) is 4.86. The Labute approximate surface area is 217 Å². The van der Waals surface area contributed by atoms with Crippen LogP contribution < -0.4 is 11.1 Å². The largest absolute Gasteiger partial charge is 0.399 e. The second kappa shape index (κ2) is 10.4. The van der Waals surface area contributed by atoms with Crippen molar-refractivity contribution < 1.29 is 27.7 Å². The van der Waals surface area contributed by atoms with Crippen LogP contribution in [-0.2, 0) is 25.3 Å². The third-order valence-corrected chi connectivity index (χ3v) is 6.46. The standard InChI is InChI=1S/C25H22N6O6S/c1-15(33)27-20-12-22(23(38(35,36)37)13-21(20)29-28-18-5-3-2-4-6-18)30-31-24-10-7-16-11-17(26)8-9-19(16)25(24,34)14-32/h2-14,24,34H,26H2,1H3,(H,27,33)(H,35,36,37). The Bertz CT molecular complexity index is 1600. The first kappa shape index (κ1) is 26.5. The summed E-state index contributed by atoms with van der Waals surface area (Å²) in [6, 6.07) is 14.0. The summed E-state index contributed by atoms with van der Waals surface area (Å²) in [7, 11) is -4.86. The lowest BCUT2D eigenvalue weighted by Gasteiger charge is -2.31. The average Bonchev–Trinajstić information content (AvgIpc) is 2.87. The predicted molar refractivity (Wildman–Crippen MR) is 139 cm³/mol. The fourth-order valence-electron chi connectivity index (χ4n) is 3.79. The lowest BCUT2D eigenvalue weighted by atomic mass is 9.80. The highest BCUT2D eigenvalue weighted by Gasteiger charge is 2.41. The van der Waals surface area contributed by atoms with Gasteiger partial charge >= 0.3 is 0 Å². The van der Waals surface area contributed by atoms with Crippen LogP contribution in [0.5, 0.6) is 0 Å². The predicted octanol–water partition coefficient (Wildman–Crippen LogP) is 4.46. The molecule has 5 N–H and O–H groups in total. The number of aldehydes is 1. The fourth-order valence-corrected chi connectivity index (χ4v) is 4.41. The molecule has 1 aliphatic carbocycles. The van der Waals surface area contributed by atoms with Gasteiger partial charge in [-0.3, -0.25) is 14.1 Å². The number of nitrogens with one attached hydrogen (secondary N) is 1. The van der Waals surface area contributed by atoms with Crippen LogP contribution in [0.25, 0.3) is 6.08 Å². The maximum absolute atomic E-state index is 12.2. The van der Waals surface area contributed by atoms with Crippen molar-refractivity contribution in [3.63, 3.8) is 0 Å². The van der Waals surface area contributed by atoms with Crippen LogP contribution in [0.1, 0.15) is 18.1 Å². The number of fused-ring (bicyclic) bond motifs is 1. The number of benzene rings is 3. The SMILES string of the molecule is CC(=O)Nc1cc(N=NC2C=Cc3cc(N)ccc3C2(O)C=O)c(S(=O)(=O)O)cc1N=Nc1ccccc1. The van der Waals surface area contributed by atoms with Crippen LogP contribution in [0, 0.1) is 0 Å². The molecule has 13 heteroatoms. The van der Waals surface area contributed by atoms with Gasteiger partial charge in [0.25, 0.3) is 10.1 Å². The minimum atomic E-state index is -4.86. The molecule has 0 spiro atoms. The molecule has 0 fully saturated rings. The van der Waals surface area contributed by atoms with Gasteiger partial charge in [0.15, 0.2) is 11.9 Å². The minimum absolute atomic E-state index is 0.0317. The summed E-state index contributed by atoms with van der Waals surface area (Å²) in [5, 5.41) is 29.6. The number of nitrogens with zero attached hydrogens (tertiary/aromatic N) is 4. The Hall–Kier alpha value is -4.59. The molecule has 0 radical (unpaired) electrons. The third-order valence-electron chi connectivity index (χ3n) is 5.58. The second-order valence-electron chi connectivity index (χ2n) is 8.34. The molecule has 0 aromatic heterocycles. The maximum atomic E-state index is 12.2. The van der Waals surface area contributed by atoms with Gasteiger partial charge in [-0.25, -0.2) is 0 Å².